The van der Waals surface area contributed by atoms with Crippen LogP contribution in [0.1, 0.15) is 16.8 Å². The molecule has 21 heavy (non-hydrogen) atoms. The Balaban J connectivity index is 1.53. The van der Waals surface area contributed by atoms with Crippen LogP contribution in [0.25, 0.3) is 0 Å². The van der Waals surface area contributed by atoms with Crippen LogP contribution in [0.5, 0.6) is 0 Å². The predicted molar refractivity (Wildman–Crippen MR) is 85.4 cm³/mol. The number of amides is 1. The Morgan fingerprint density at radius 1 is 1.19 bits per heavy atom. The average Bonchev–Trinajstić information content (AvgIpc) is 3.03. The Kier molecular flexibility index (Phi) is 4.55. The zero-order valence-electron chi connectivity index (χ0n) is 11.8. The van der Waals surface area contributed by atoms with Crippen LogP contribution < -0.4 is 0 Å². The number of aromatic nitrogens is 1. The van der Waals surface area contributed by atoms with E-state index in [1.54, 1.807) is 24.5 Å². The monoisotopic (exact) mass is 298 g/mol. The van der Waals surface area contributed by atoms with Gasteiger partial charge in [-0.15, -0.1) is 11.8 Å². The van der Waals surface area contributed by atoms with E-state index in [0.717, 1.165) is 30.8 Å². The molecule has 0 saturated carbocycles. The Labute approximate surface area is 129 Å². The molecule has 4 heteroatoms. The van der Waals surface area contributed by atoms with Crippen molar-refractivity contribution in [3.63, 3.8) is 0 Å². The van der Waals surface area contributed by atoms with Crippen LogP contribution in [0.3, 0.4) is 0 Å². The average molecular weight is 298 g/mol. The van der Waals surface area contributed by atoms with E-state index in [1.165, 1.54) is 4.90 Å². The molecule has 3 nitrogen and oxygen atoms in total. The number of rotatable bonds is 4. The highest BCUT2D eigenvalue weighted by molar-refractivity contribution is 7.99. The Bertz CT molecular complexity index is 588. The summed E-state index contributed by atoms with van der Waals surface area (Å²) in [4.78, 5) is 19.6. The molecular weight excluding hydrogens is 280 g/mol. The predicted octanol–water partition coefficient (Wildman–Crippen LogP) is 3.34. The lowest BCUT2D eigenvalue weighted by molar-refractivity contribution is 0.0788. The van der Waals surface area contributed by atoms with Gasteiger partial charge in [0.05, 0.1) is 0 Å². The normalized spacial score (nSPS) is 17.9. The molecule has 108 valence electrons. The van der Waals surface area contributed by atoms with Crippen LogP contribution in [0.2, 0.25) is 0 Å². The summed E-state index contributed by atoms with van der Waals surface area (Å²) in [6.45, 7) is 1.72. The summed E-state index contributed by atoms with van der Waals surface area (Å²) in [5, 5.41) is 0. The molecule has 2 aromatic rings. The van der Waals surface area contributed by atoms with Crippen molar-refractivity contribution in [2.45, 2.75) is 11.3 Å². The van der Waals surface area contributed by atoms with Gasteiger partial charge < -0.3 is 4.90 Å². The van der Waals surface area contributed by atoms with Crippen LogP contribution >= 0.6 is 11.8 Å². The minimum absolute atomic E-state index is 0.129. The van der Waals surface area contributed by atoms with Gasteiger partial charge in [-0.2, -0.15) is 0 Å². The molecule has 1 aliphatic heterocycles. The highest BCUT2D eigenvalue weighted by atomic mass is 32.2. The van der Waals surface area contributed by atoms with Crippen molar-refractivity contribution in [3.05, 3.63) is 60.4 Å². The number of likely N-dealkylation sites (tertiary alicyclic amines) is 1. The van der Waals surface area contributed by atoms with Crippen LogP contribution in [-0.4, -0.2) is 34.6 Å². The molecule has 3 rings (SSSR count). The Morgan fingerprint density at radius 2 is 1.95 bits per heavy atom. The summed E-state index contributed by atoms with van der Waals surface area (Å²) in [5.41, 5.74) is 0.737. The maximum Gasteiger partial charge on any atom is 0.253 e. The zero-order chi connectivity index (χ0) is 14.5. The zero-order valence-corrected chi connectivity index (χ0v) is 12.6. The second kappa shape index (κ2) is 6.76. The molecule has 0 spiro atoms. The molecule has 1 aromatic heterocycles. The molecule has 1 fully saturated rings. The van der Waals surface area contributed by atoms with Gasteiger partial charge in [0.15, 0.2) is 0 Å². The number of hydrogen-bond donors (Lipinski definition) is 0. The SMILES string of the molecule is O=C(c1ccncc1)N1CC[C@H](CSc2ccccc2)C1. The summed E-state index contributed by atoms with van der Waals surface area (Å²) in [5.74, 6) is 1.79. The van der Waals surface area contributed by atoms with Gasteiger partial charge in [0.2, 0.25) is 0 Å². The fourth-order valence-corrected chi connectivity index (χ4v) is 3.61. The van der Waals surface area contributed by atoms with Gasteiger partial charge in [-0.25, -0.2) is 0 Å². The molecule has 1 aliphatic rings. The minimum atomic E-state index is 0.129. The third-order valence-corrected chi connectivity index (χ3v) is 4.97. The van der Waals surface area contributed by atoms with Crippen LogP contribution in [0.15, 0.2) is 59.8 Å². The summed E-state index contributed by atoms with van der Waals surface area (Å²) < 4.78 is 0. The van der Waals surface area contributed by atoms with Crippen LogP contribution in [-0.2, 0) is 0 Å². The van der Waals surface area contributed by atoms with Gasteiger partial charge in [0, 0.05) is 41.7 Å². The lowest BCUT2D eigenvalue weighted by Gasteiger charge is -2.16. The number of carbonyl (C=O) groups is 1. The number of thioether (sulfide) groups is 1. The van der Waals surface area contributed by atoms with Crippen molar-refractivity contribution >= 4 is 17.7 Å². The molecule has 0 bridgehead atoms. The molecule has 0 aliphatic carbocycles. The maximum atomic E-state index is 12.4. The number of nitrogens with zero attached hydrogens (tertiary/aromatic N) is 2. The number of pyridine rings is 1. The first-order valence-corrected chi connectivity index (χ1v) is 8.18. The van der Waals surface area contributed by atoms with Gasteiger partial charge in [-0.05, 0) is 36.6 Å². The van der Waals surface area contributed by atoms with Crippen molar-refractivity contribution in [1.82, 2.24) is 9.88 Å². The second-order valence-corrected chi connectivity index (χ2v) is 6.36. The van der Waals surface area contributed by atoms with Gasteiger partial charge >= 0.3 is 0 Å². The molecule has 0 unspecified atom stereocenters. The third kappa shape index (κ3) is 3.64. The lowest BCUT2D eigenvalue weighted by atomic mass is 10.2. The van der Waals surface area contributed by atoms with Crippen molar-refractivity contribution in [3.8, 4) is 0 Å². The first-order chi connectivity index (χ1) is 10.3. The molecule has 1 saturated heterocycles. The summed E-state index contributed by atoms with van der Waals surface area (Å²) in [6, 6.07) is 14.0. The molecule has 0 radical (unpaired) electrons. The van der Waals surface area contributed by atoms with E-state index in [-0.39, 0.29) is 5.91 Å². The summed E-state index contributed by atoms with van der Waals surface area (Å²) in [6.07, 6.45) is 4.44. The largest absolute Gasteiger partial charge is 0.338 e. The highest BCUT2D eigenvalue weighted by Gasteiger charge is 2.26. The smallest absolute Gasteiger partial charge is 0.253 e. The van der Waals surface area contributed by atoms with E-state index >= 15 is 0 Å². The molecule has 1 aromatic carbocycles. The lowest BCUT2D eigenvalue weighted by Crippen LogP contribution is -2.28. The fourth-order valence-electron chi connectivity index (χ4n) is 2.56. The third-order valence-electron chi connectivity index (χ3n) is 3.73. The van der Waals surface area contributed by atoms with E-state index in [9.17, 15) is 4.79 Å². The van der Waals surface area contributed by atoms with Crippen LogP contribution in [0, 0.1) is 5.92 Å². The highest BCUT2D eigenvalue weighted by Crippen LogP contribution is 2.26. The standard InChI is InChI=1S/C17H18N2OS/c20-17(15-6-9-18-10-7-15)19-11-8-14(12-19)13-21-16-4-2-1-3-5-16/h1-7,9-10,14H,8,11-13H2/t14-/m0/s1. The van der Waals surface area contributed by atoms with Gasteiger partial charge in [0.25, 0.3) is 5.91 Å². The van der Waals surface area contributed by atoms with E-state index in [2.05, 4.69) is 29.2 Å². The molecule has 2 heterocycles. The minimum Gasteiger partial charge on any atom is -0.338 e. The topological polar surface area (TPSA) is 33.2 Å². The van der Waals surface area contributed by atoms with Crippen molar-refractivity contribution in [2.24, 2.45) is 5.92 Å². The van der Waals surface area contributed by atoms with Crippen molar-refractivity contribution < 1.29 is 4.79 Å². The van der Waals surface area contributed by atoms with Gasteiger partial charge in [-0.1, -0.05) is 18.2 Å². The number of benzene rings is 1. The Hall–Kier alpha value is -1.81. The summed E-state index contributed by atoms with van der Waals surface area (Å²) >= 11 is 1.88. The fraction of sp³-hybridized carbons (Fsp3) is 0.294. The second-order valence-electron chi connectivity index (χ2n) is 5.27. The van der Waals surface area contributed by atoms with Crippen LogP contribution in [0.4, 0.5) is 0 Å². The molecule has 0 N–H and O–H groups in total. The van der Waals surface area contributed by atoms with Gasteiger partial charge in [-0.3, -0.25) is 9.78 Å². The number of carbonyl (C=O) groups excluding carboxylic acids is 1. The van der Waals surface area contributed by atoms with Crippen molar-refractivity contribution in [2.75, 3.05) is 18.8 Å². The Morgan fingerprint density at radius 3 is 2.71 bits per heavy atom. The van der Waals surface area contributed by atoms with Crippen molar-refractivity contribution in [1.29, 1.82) is 0 Å². The first-order valence-electron chi connectivity index (χ1n) is 7.20. The van der Waals surface area contributed by atoms with E-state index in [1.807, 2.05) is 22.7 Å². The van der Waals surface area contributed by atoms with E-state index in [4.69, 9.17) is 0 Å². The van der Waals surface area contributed by atoms with E-state index in [0.29, 0.717) is 5.92 Å². The quantitative estimate of drug-likeness (QED) is 0.812. The molecule has 1 atom stereocenters. The molecular formula is C17H18N2OS. The van der Waals surface area contributed by atoms with Gasteiger partial charge in [0.1, 0.15) is 0 Å². The summed E-state index contributed by atoms with van der Waals surface area (Å²) in [7, 11) is 0. The number of hydrogen-bond acceptors (Lipinski definition) is 3. The van der Waals surface area contributed by atoms with E-state index < -0.39 is 0 Å². The molecule has 1 amide bonds. The maximum absolute atomic E-state index is 12.4. The first kappa shape index (κ1) is 14.1.